The van der Waals surface area contributed by atoms with Crippen LogP contribution in [0.25, 0.3) is 0 Å². The molecule has 4 nitrogen and oxygen atoms in total. The minimum absolute atomic E-state index is 0.0119. The number of halogens is 1. The molecule has 5 heteroatoms. The van der Waals surface area contributed by atoms with Gasteiger partial charge in [-0.15, -0.1) is 0 Å². The van der Waals surface area contributed by atoms with E-state index in [0.717, 1.165) is 22.6 Å². The zero-order valence-corrected chi connectivity index (χ0v) is 15.0. The van der Waals surface area contributed by atoms with E-state index < -0.39 is 0 Å². The zero-order chi connectivity index (χ0) is 18.2. The molecule has 0 saturated carbocycles. The van der Waals surface area contributed by atoms with Crippen LogP contribution >= 0.6 is 0 Å². The molecule has 134 valence electrons. The second-order valence-corrected chi connectivity index (χ2v) is 6.13. The number of carbonyl (C=O) groups is 1. The number of hydrogen-bond acceptors (Lipinski definition) is 2. The van der Waals surface area contributed by atoms with Crippen molar-refractivity contribution in [2.45, 2.75) is 26.4 Å². The Balaban J connectivity index is 1.92. The maximum absolute atomic E-state index is 13.8. The van der Waals surface area contributed by atoms with Gasteiger partial charge in [0.2, 0.25) is 0 Å². The first-order chi connectivity index (χ1) is 12.0. The van der Waals surface area contributed by atoms with E-state index in [2.05, 4.69) is 5.32 Å². The standard InChI is InChI=1S/C20H25FN2O2/c1-4-23(13-16-10-11-19(25-3)18(21)12-16)14-20(24)22-15(2)17-8-6-5-7-9-17/h5-12,15H,4,13-14H2,1-3H3,(H,22,24)/p+1/t15-/m0/s1. The van der Waals surface area contributed by atoms with Gasteiger partial charge in [0.05, 0.1) is 19.7 Å². The Morgan fingerprint density at radius 2 is 1.96 bits per heavy atom. The number of quaternary nitrogens is 1. The Morgan fingerprint density at radius 1 is 1.24 bits per heavy atom. The Kier molecular flexibility index (Phi) is 6.95. The number of rotatable bonds is 8. The molecule has 0 aromatic heterocycles. The summed E-state index contributed by atoms with van der Waals surface area (Å²) in [4.78, 5) is 13.4. The number of amides is 1. The molecule has 0 radical (unpaired) electrons. The third kappa shape index (κ3) is 5.57. The predicted octanol–water partition coefficient (Wildman–Crippen LogP) is 2.12. The summed E-state index contributed by atoms with van der Waals surface area (Å²) in [7, 11) is 1.44. The third-order valence-electron chi connectivity index (χ3n) is 4.26. The molecule has 2 rings (SSSR count). The first-order valence-electron chi connectivity index (χ1n) is 8.53. The summed E-state index contributed by atoms with van der Waals surface area (Å²) in [6.07, 6.45) is 0. The van der Waals surface area contributed by atoms with E-state index in [1.807, 2.05) is 50.2 Å². The lowest BCUT2D eigenvalue weighted by Gasteiger charge is -2.20. The van der Waals surface area contributed by atoms with Crippen LogP contribution in [0.4, 0.5) is 4.39 Å². The van der Waals surface area contributed by atoms with Crippen LogP contribution in [0.3, 0.4) is 0 Å². The van der Waals surface area contributed by atoms with Crippen LogP contribution in [-0.2, 0) is 11.3 Å². The van der Waals surface area contributed by atoms with Crippen LogP contribution in [0.5, 0.6) is 5.75 Å². The molecular weight excluding hydrogens is 319 g/mol. The largest absolute Gasteiger partial charge is 0.494 e. The summed E-state index contributed by atoms with van der Waals surface area (Å²) in [5, 5.41) is 3.02. The second kappa shape index (κ2) is 9.18. The highest BCUT2D eigenvalue weighted by Crippen LogP contribution is 2.17. The molecule has 1 unspecified atom stereocenters. The highest BCUT2D eigenvalue weighted by molar-refractivity contribution is 5.77. The van der Waals surface area contributed by atoms with Crippen LogP contribution in [0, 0.1) is 5.82 Å². The zero-order valence-electron chi connectivity index (χ0n) is 15.0. The van der Waals surface area contributed by atoms with E-state index in [-0.39, 0.29) is 23.5 Å². The van der Waals surface area contributed by atoms with Crippen molar-refractivity contribution in [3.05, 3.63) is 65.5 Å². The third-order valence-corrected chi connectivity index (χ3v) is 4.26. The van der Waals surface area contributed by atoms with Crippen molar-refractivity contribution in [2.24, 2.45) is 0 Å². The summed E-state index contributed by atoms with van der Waals surface area (Å²) in [5.41, 5.74) is 1.92. The Bertz CT molecular complexity index is 691. The van der Waals surface area contributed by atoms with Gasteiger partial charge in [-0.2, -0.15) is 0 Å². The Hall–Kier alpha value is -2.40. The predicted molar refractivity (Wildman–Crippen MR) is 96.0 cm³/mol. The number of carbonyl (C=O) groups excluding carboxylic acids is 1. The van der Waals surface area contributed by atoms with E-state index >= 15 is 0 Å². The first kappa shape index (κ1) is 18.9. The lowest BCUT2D eigenvalue weighted by molar-refractivity contribution is -0.904. The SMILES string of the molecule is CC[NH+](CC(=O)N[C@@H](C)c1ccccc1)Cc1ccc(OC)c(F)c1. The van der Waals surface area contributed by atoms with Crippen LogP contribution in [0.15, 0.2) is 48.5 Å². The maximum atomic E-state index is 13.8. The van der Waals surface area contributed by atoms with Crippen LogP contribution in [-0.4, -0.2) is 26.1 Å². The molecule has 2 aromatic rings. The number of hydrogen-bond donors (Lipinski definition) is 2. The van der Waals surface area contributed by atoms with Gasteiger partial charge in [0, 0.05) is 5.56 Å². The smallest absolute Gasteiger partial charge is 0.275 e. The van der Waals surface area contributed by atoms with Gasteiger partial charge in [0.25, 0.3) is 5.91 Å². The Labute approximate surface area is 148 Å². The quantitative estimate of drug-likeness (QED) is 0.770. The number of nitrogens with one attached hydrogen (secondary N) is 2. The molecular formula is C20H26FN2O2+. The van der Waals surface area contributed by atoms with Gasteiger partial charge >= 0.3 is 0 Å². The summed E-state index contributed by atoms with van der Waals surface area (Å²) in [6.45, 7) is 5.70. The average Bonchev–Trinajstić information content (AvgIpc) is 2.62. The molecule has 0 fully saturated rings. The van der Waals surface area contributed by atoms with Crippen molar-refractivity contribution < 1.29 is 18.8 Å². The molecule has 0 saturated heterocycles. The van der Waals surface area contributed by atoms with Crippen molar-refractivity contribution in [3.8, 4) is 5.75 Å². The number of likely N-dealkylation sites (N-methyl/N-ethyl adjacent to an activating group) is 1. The average molecular weight is 345 g/mol. The Morgan fingerprint density at radius 3 is 2.56 bits per heavy atom. The lowest BCUT2D eigenvalue weighted by atomic mass is 10.1. The minimum atomic E-state index is -0.377. The molecule has 0 bridgehead atoms. The second-order valence-electron chi connectivity index (χ2n) is 6.13. The molecule has 0 spiro atoms. The van der Waals surface area contributed by atoms with Gasteiger partial charge in [-0.1, -0.05) is 30.3 Å². The fourth-order valence-corrected chi connectivity index (χ4v) is 2.77. The minimum Gasteiger partial charge on any atom is -0.494 e. The van der Waals surface area contributed by atoms with Crippen LogP contribution < -0.4 is 15.0 Å². The van der Waals surface area contributed by atoms with Gasteiger partial charge in [0.1, 0.15) is 6.54 Å². The molecule has 0 heterocycles. The molecule has 0 aliphatic rings. The van der Waals surface area contributed by atoms with E-state index in [1.165, 1.54) is 13.2 Å². The molecule has 0 aliphatic heterocycles. The first-order valence-corrected chi connectivity index (χ1v) is 8.53. The summed E-state index contributed by atoms with van der Waals surface area (Å²) >= 11 is 0. The number of ether oxygens (including phenoxy) is 1. The summed E-state index contributed by atoms with van der Waals surface area (Å²) in [5.74, 6) is -0.156. The van der Waals surface area contributed by atoms with Crippen molar-refractivity contribution in [3.63, 3.8) is 0 Å². The number of methoxy groups -OCH3 is 1. The van der Waals surface area contributed by atoms with Gasteiger partial charge in [-0.05, 0) is 37.6 Å². The van der Waals surface area contributed by atoms with Crippen molar-refractivity contribution in [2.75, 3.05) is 20.2 Å². The highest BCUT2D eigenvalue weighted by Gasteiger charge is 2.16. The fourth-order valence-electron chi connectivity index (χ4n) is 2.77. The fraction of sp³-hybridized carbons (Fsp3) is 0.350. The highest BCUT2D eigenvalue weighted by atomic mass is 19.1. The molecule has 2 N–H and O–H groups in total. The van der Waals surface area contributed by atoms with Gasteiger partial charge in [0.15, 0.2) is 18.1 Å². The van der Waals surface area contributed by atoms with E-state index in [9.17, 15) is 9.18 Å². The molecule has 25 heavy (non-hydrogen) atoms. The topological polar surface area (TPSA) is 42.8 Å². The maximum Gasteiger partial charge on any atom is 0.275 e. The monoisotopic (exact) mass is 345 g/mol. The van der Waals surface area contributed by atoms with Crippen LogP contribution in [0.2, 0.25) is 0 Å². The van der Waals surface area contributed by atoms with E-state index in [0.29, 0.717) is 13.1 Å². The van der Waals surface area contributed by atoms with Crippen molar-refractivity contribution >= 4 is 5.91 Å². The normalized spacial score (nSPS) is 13.1. The van der Waals surface area contributed by atoms with Gasteiger partial charge < -0.3 is 15.0 Å². The van der Waals surface area contributed by atoms with E-state index in [1.54, 1.807) is 6.07 Å². The molecule has 1 amide bonds. The lowest BCUT2D eigenvalue weighted by Crippen LogP contribution is -3.11. The van der Waals surface area contributed by atoms with Crippen molar-refractivity contribution in [1.29, 1.82) is 0 Å². The molecule has 2 aromatic carbocycles. The van der Waals surface area contributed by atoms with Gasteiger partial charge in [-0.3, -0.25) is 4.79 Å². The van der Waals surface area contributed by atoms with Crippen LogP contribution in [0.1, 0.15) is 31.0 Å². The molecule has 0 aliphatic carbocycles. The molecule has 2 atom stereocenters. The van der Waals surface area contributed by atoms with Gasteiger partial charge in [-0.25, -0.2) is 4.39 Å². The summed E-state index contributed by atoms with van der Waals surface area (Å²) in [6, 6.07) is 14.8. The van der Waals surface area contributed by atoms with Crippen molar-refractivity contribution in [1.82, 2.24) is 5.32 Å². The number of benzene rings is 2. The summed E-state index contributed by atoms with van der Waals surface area (Å²) < 4.78 is 18.7. The van der Waals surface area contributed by atoms with E-state index in [4.69, 9.17) is 4.74 Å².